The highest BCUT2D eigenvalue weighted by Gasteiger charge is 2.44. The summed E-state index contributed by atoms with van der Waals surface area (Å²) in [6, 6.07) is 0. The monoisotopic (exact) mass is 241 g/mol. The SMILES string of the molecule is COCCN=C1NC(=O)C2(CCCOCC2)N1. The van der Waals surface area contributed by atoms with E-state index in [0.29, 0.717) is 32.1 Å². The molecule has 1 atom stereocenters. The fourth-order valence-corrected chi connectivity index (χ4v) is 2.17. The van der Waals surface area contributed by atoms with Crippen LogP contribution in [0.15, 0.2) is 4.99 Å². The first kappa shape index (κ1) is 12.3. The molecule has 0 aromatic heterocycles. The lowest BCUT2D eigenvalue weighted by Crippen LogP contribution is -2.47. The molecule has 2 N–H and O–H groups in total. The first-order valence-electron chi connectivity index (χ1n) is 5.98. The Kier molecular flexibility index (Phi) is 3.96. The zero-order chi connectivity index (χ0) is 12.1. The number of methoxy groups -OCH3 is 1. The van der Waals surface area contributed by atoms with Crippen LogP contribution in [-0.4, -0.2) is 50.9 Å². The maximum Gasteiger partial charge on any atom is 0.252 e. The molecule has 96 valence electrons. The third-order valence-corrected chi connectivity index (χ3v) is 3.15. The largest absolute Gasteiger partial charge is 0.383 e. The van der Waals surface area contributed by atoms with Crippen LogP contribution in [0.4, 0.5) is 0 Å². The molecule has 2 aliphatic heterocycles. The van der Waals surface area contributed by atoms with E-state index in [1.807, 2.05) is 0 Å². The summed E-state index contributed by atoms with van der Waals surface area (Å²) in [5, 5.41) is 6.00. The molecule has 2 heterocycles. The predicted molar refractivity (Wildman–Crippen MR) is 62.9 cm³/mol. The van der Waals surface area contributed by atoms with Gasteiger partial charge in [0.2, 0.25) is 0 Å². The van der Waals surface area contributed by atoms with Crippen molar-refractivity contribution in [1.82, 2.24) is 10.6 Å². The van der Waals surface area contributed by atoms with Crippen molar-refractivity contribution >= 4 is 11.9 Å². The van der Waals surface area contributed by atoms with Gasteiger partial charge >= 0.3 is 0 Å². The number of nitrogens with zero attached hydrogens (tertiary/aromatic N) is 1. The Morgan fingerprint density at radius 1 is 1.47 bits per heavy atom. The van der Waals surface area contributed by atoms with E-state index in [9.17, 15) is 4.79 Å². The molecule has 2 fully saturated rings. The van der Waals surface area contributed by atoms with E-state index in [-0.39, 0.29) is 5.91 Å². The standard InChI is InChI=1S/C11H19N3O3/c1-16-8-5-12-10-13-9(15)11(14-10)3-2-6-17-7-4-11/h2-8H2,1H3,(H2,12,13,14,15). The molecule has 1 amide bonds. The molecule has 0 aliphatic carbocycles. The Bertz CT molecular complexity index is 309. The summed E-state index contributed by atoms with van der Waals surface area (Å²) < 4.78 is 10.3. The van der Waals surface area contributed by atoms with Crippen LogP contribution in [-0.2, 0) is 14.3 Å². The van der Waals surface area contributed by atoms with Gasteiger partial charge in [0, 0.05) is 26.7 Å². The van der Waals surface area contributed by atoms with Crippen molar-refractivity contribution in [2.24, 2.45) is 4.99 Å². The Labute approximate surface area is 101 Å². The van der Waals surface area contributed by atoms with Crippen LogP contribution in [0.5, 0.6) is 0 Å². The number of carbonyl (C=O) groups excluding carboxylic acids is 1. The fourth-order valence-electron chi connectivity index (χ4n) is 2.17. The summed E-state index contributed by atoms with van der Waals surface area (Å²) in [6.45, 7) is 2.45. The Morgan fingerprint density at radius 3 is 3.18 bits per heavy atom. The number of guanidine groups is 1. The number of hydrogen-bond acceptors (Lipinski definition) is 4. The number of amides is 1. The van der Waals surface area contributed by atoms with Gasteiger partial charge in [-0.05, 0) is 12.8 Å². The predicted octanol–water partition coefficient (Wildman–Crippen LogP) is -0.352. The number of rotatable bonds is 3. The summed E-state index contributed by atoms with van der Waals surface area (Å²) >= 11 is 0. The van der Waals surface area contributed by atoms with E-state index in [4.69, 9.17) is 9.47 Å². The van der Waals surface area contributed by atoms with Gasteiger partial charge in [-0.3, -0.25) is 15.1 Å². The minimum atomic E-state index is -0.512. The molecule has 1 spiro atoms. The van der Waals surface area contributed by atoms with Crippen molar-refractivity contribution in [3.63, 3.8) is 0 Å². The maximum absolute atomic E-state index is 12.0. The lowest BCUT2D eigenvalue weighted by molar-refractivity contribution is -0.124. The van der Waals surface area contributed by atoms with Crippen LogP contribution in [0.2, 0.25) is 0 Å². The van der Waals surface area contributed by atoms with Crippen LogP contribution >= 0.6 is 0 Å². The van der Waals surface area contributed by atoms with Gasteiger partial charge in [-0.2, -0.15) is 0 Å². The zero-order valence-electron chi connectivity index (χ0n) is 10.1. The average Bonchev–Trinajstić information content (AvgIpc) is 2.51. The minimum absolute atomic E-state index is 0.0131. The van der Waals surface area contributed by atoms with Crippen molar-refractivity contribution in [2.75, 3.05) is 33.5 Å². The third kappa shape index (κ3) is 2.76. The van der Waals surface area contributed by atoms with Crippen molar-refractivity contribution in [3.8, 4) is 0 Å². The summed E-state index contributed by atoms with van der Waals surface area (Å²) in [7, 11) is 1.63. The highest BCUT2D eigenvalue weighted by Crippen LogP contribution is 2.24. The number of aliphatic imine (C=N–C) groups is 1. The van der Waals surface area contributed by atoms with Crippen molar-refractivity contribution < 1.29 is 14.3 Å². The molecule has 2 rings (SSSR count). The Balaban J connectivity index is 2.00. The lowest BCUT2D eigenvalue weighted by Gasteiger charge is -2.23. The van der Waals surface area contributed by atoms with Gasteiger partial charge in [-0.15, -0.1) is 0 Å². The van der Waals surface area contributed by atoms with Crippen molar-refractivity contribution in [1.29, 1.82) is 0 Å². The van der Waals surface area contributed by atoms with Gasteiger partial charge in [0.1, 0.15) is 5.54 Å². The summed E-state index contributed by atoms with van der Waals surface area (Å²) in [4.78, 5) is 16.3. The van der Waals surface area contributed by atoms with Crippen LogP contribution < -0.4 is 10.6 Å². The smallest absolute Gasteiger partial charge is 0.252 e. The highest BCUT2D eigenvalue weighted by molar-refractivity contribution is 6.09. The topological polar surface area (TPSA) is 72.0 Å². The van der Waals surface area contributed by atoms with Gasteiger partial charge in [0.05, 0.1) is 13.2 Å². The van der Waals surface area contributed by atoms with Gasteiger partial charge < -0.3 is 14.8 Å². The maximum atomic E-state index is 12.0. The van der Waals surface area contributed by atoms with E-state index in [1.165, 1.54) is 0 Å². The molecule has 2 saturated heterocycles. The second kappa shape index (κ2) is 5.46. The summed E-state index contributed by atoms with van der Waals surface area (Å²) in [5.41, 5.74) is -0.512. The molecule has 0 saturated carbocycles. The number of carbonyl (C=O) groups is 1. The molecular formula is C11H19N3O3. The Hall–Kier alpha value is -1.14. The number of hydrogen-bond donors (Lipinski definition) is 2. The van der Waals surface area contributed by atoms with Crippen molar-refractivity contribution in [2.45, 2.75) is 24.8 Å². The van der Waals surface area contributed by atoms with Gasteiger partial charge in [0.15, 0.2) is 5.96 Å². The lowest BCUT2D eigenvalue weighted by atomic mass is 9.91. The fraction of sp³-hybridized carbons (Fsp3) is 0.818. The zero-order valence-corrected chi connectivity index (χ0v) is 10.1. The van der Waals surface area contributed by atoms with E-state index >= 15 is 0 Å². The molecule has 1 unspecified atom stereocenters. The third-order valence-electron chi connectivity index (χ3n) is 3.15. The molecule has 0 aromatic rings. The molecule has 6 nitrogen and oxygen atoms in total. The first-order valence-corrected chi connectivity index (χ1v) is 5.98. The molecule has 0 aromatic carbocycles. The van der Waals surface area contributed by atoms with E-state index in [0.717, 1.165) is 19.4 Å². The quantitative estimate of drug-likeness (QED) is 0.662. The van der Waals surface area contributed by atoms with E-state index in [1.54, 1.807) is 7.11 Å². The summed E-state index contributed by atoms with van der Waals surface area (Å²) in [5.74, 6) is 0.577. The Morgan fingerprint density at radius 2 is 2.35 bits per heavy atom. The second-order valence-electron chi connectivity index (χ2n) is 4.35. The van der Waals surface area contributed by atoms with E-state index in [2.05, 4.69) is 15.6 Å². The van der Waals surface area contributed by atoms with Crippen LogP contribution in [0, 0.1) is 0 Å². The average molecular weight is 241 g/mol. The number of ether oxygens (including phenoxy) is 2. The summed E-state index contributed by atoms with van der Waals surface area (Å²) in [6.07, 6.45) is 2.38. The normalized spacial score (nSPS) is 31.4. The van der Waals surface area contributed by atoms with Crippen molar-refractivity contribution in [3.05, 3.63) is 0 Å². The van der Waals surface area contributed by atoms with Crippen LogP contribution in [0.1, 0.15) is 19.3 Å². The van der Waals surface area contributed by atoms with Gasteiger partial charge in [-0.25, -0.2) is 0 Å². The molecule has 17 heavy (non-hydrogen) atoms. The van der Waals surface area contributed by atoms with Gasteiger partial charge in [-0.1, -0.05) is 0 Å². The highest BCUT2D eigenvalue weighted by atomic mass is 16.5. The van der Waals surface area contributed by atoms with Crippen LogP contribution in [0.25, 0.3) is 0 Å². The van der Waals surface area contributed by atoms with Crippen LogP contribution in [0.3, 0.4) is 0 Å². The first-order chi connectivity index (χ1) is 8.27. The number of nitrogens with one attached hydrogen (secondary N) is 2. The molecule has 0 radical (unpaired) electrons. The molecule has 2 aliphatic rings. The second-order valence-corrected chi connectivity index (χ2v) is 4.35. The minimum Gasteiger partial charge on any atom is -0.383 e. The van der Waals surface area contributed by atoms with E-state index < -0.39 is 5.54 Å². The molecule has 6 heteroatoms. The van der Waals surface area contributed by atoms with Gasteiger partial charge in [0.25, 0.3) is 5.91 Å². The molecular weight excluding hydrogens is 222 g/mol. The molecule has 0 bridgehead atoms.